The highest BCUT2D eigenvalue weighted by atomic mass is 35.5. The summed E-state index contributed by atoms with van der Waals surface area (Å²) in [5.74, 6) is -0.392. The summed E-state index contributed by atoms with van der Waals surface area (Å²) < 4.78 is 5.65. The Kier molecular flexibility index (Phi) is 7.23. The number of anilines is 1. The summed E-state index contributed by atoms with van der Waals surface area (Å²) in [6.07, 6.45) is 2.47. The van der Waals surface area contributed by atoms with Crippen LogP contribution in [0, 0.1) is 6.92 Å². The summed E-state index contributed by atoms with van der Waals surface area (Å²) in [5.41, 5.74) is 0.739. The van der Waals surface area contributed by atoms with Gasteiger partial charge in [-0.1, -0.05) is 22.9 Å². The van der Waals surface area contributed by atoms with E-state index in [1.807, 2.05) is 11.8 Å². The van der Waals surface area contributed by atoms with Crippen LogP contribution in [0.1, 0.15) is 49.0 Å². The van der Waals surface area contributed by atoms with Gasteiger partial charge in [-0.15, -0.1) is 0 Å². The van der Waals surface area contributed by atoms with E-state index < -0.39 is 17.5 Å². The Morgan fingerprint density at radius 1 is 1.10 bits per heavy atom. The molecule has 9 heteroatoms. The van der Waals surface area contributed by atoms with Crippen LogP contribution in [0.25, 0.3) is 0 Å². The number of rotatable bonds is 5. The second kappa shape index (κ2) is 9.70. The first kappa shape index (κ1) is 23.1. The maximum absolute atomic E-state index is 12.8. The van der Waals surface area contributed by atoms with Crippen LogP contribution < -0.4 is 15.4 Å². The highest BCUT2D eigenvalue weighted by Crippen LogP contribution is 2.28. The van der Waals surface area contributed by atoms with Gasteiger partial charge < -0.3 is 20.3 Å². The first-order valence-corrected chi connectivity index (χ1v) is 11.3. The SMILES string of the molecule is Cc1cc(NC(=O)C(C)(C)NC(=O)Oc2ccc(Cl)s2)ccc1C(=O)N1CCCCC1. The maximum Gasteiger partial charge on any atom is 0.414 e. The zero-order valence-electron chi connectivity index (χ0n) is 17.8. The first-order valence-electron chi connectivity index (χ1n) is 10.1. The number of thiophene rings is 1. The van der Waals surface area contributed by atoms with Gasteiger partial charge in [-0.25, -0.2) is 4.79 Å². The van der Waals surface area contributed by atoms with Gasteiger partial charge >= 0.3 is 6.09 Å². The molecule has 0 unspecified atom stereocenters. The van der Waals surface area contributed by atoms with Gasteiger partial charge in [0, 0.05) is 24.3 Å². The van der Waals surface area contributed by atoms with Crippen molar-refractivity contribution in [2.24, 2.45) is 0 Å². The Balaban J connectivity index is 1.61. The number of hydrogen-bond acceptors (Lipinski definition) is 5. The topological polar surface area (TPSA) is 87.7 Å². The number of likely N-dealkylation sites (tertiary alicyclic amines) is 1. The van der Waals surface area contributed by atoms with Gasteiger partial charge in [0.15, 0.2) is 5.06 Å². The number of hydrogen-bond donors (Lipinski definition) is 2. The van der Waals surface area contributed by atoms with Crippen molar-refractivity contribution in [3.63, 3.8) is 0 Å². The number of carbonyl (C=O) groups is 3. The van der Waals surface area contributed by atoms with Crippen LogP contribution in [0.3, 0.4) is 0 Å². The Bertz CT molecular complexity index is 983. The van der Waals surface area contributed by atoms with Crippen LogP contribution in [-0.2, 0) is 4.79 Å². The Hall–Kier alpha value is -2.58. The molecule has 3 amide bonds. The number of aryl methyl sites for hydroxylation is 1. The highest BCUT2D eigenvalue weighted by Gasteiger charge is 2.31. The van der Waals surface area contributed by atoms with Gasteiger partial charge in [-0.05, 0) is 75.9 Å². The van der Waals surface area contributed by atoms with E-state index in [2.05, 4.69) is 10.6 Å². The average molecular weight is 464 g/mol. The van der Waals surface area contributed by atoms with Gasteiger partial charge in [0.25, 0.3) is 5.91 Å². The minimum absolute atomic E-state index is 0.0218. The molecule has 0 spiro atoms. The molecule has 1 aromatic carbocycles. The number of benzene rings is 1. The first-order chi connectivity index (χ1) is 14.7. The lowest BCUT2D eigenvalue weighted by Crippen LogP contribution is -2.53. The third-order valence-corrected chi connectivity index (χ3v) is 6.19. The second-order valence-electron chi connectivity index (χ2n) is 8.03. The minimum Gasteiger partial charge on any atom is -0.399 e. The molecule has 1 saturated heterocycles. The van der Waals surface area contributed by atoms with Crippen molar-refractivity contribution in [1.29, 1.82) is 0 Å². The largest absolute Gasteiger partial charge is 0.414 e. The number of carbonyl (C=O) groups excluding carboxylic acids is 3. The van der Waals surface area contributed by atoms with Crippen molar-refractivity contribution < 1.29 is 19.1 Å². The van der Waals surface area contributed by atoms with Gasteiger partial charge in [0.2, 0.25) is 5.91 Å². The van der Waals surface area contributed by atoms with E-state index in [0.29, 0.717) is 20.7 Å². The monoisotopic (exact) mass is 463 g/mol. The number of halogens is 1. The lowest BCUT2D eigenvalue weighted by atomic mass is 10.0. The normalized spacial score (nSPS) is 14.1. The molecule has 1 fully saturated rings. The van der Waals surface area contributed by atoms with Gasteiger partial charge in [0.05, 0.1) is 4.34 Å². The van der Waals surface area contributed by atoms with Crippen molar-refractivity contribution in [1.82, 2.24) is 10.2 Å². The zero-order chi connectivity index (χ0) is 22.6. The minimum atomic E-state index is -1.23. The fourth-order valence-electron chi connectivity index (χ4n) is 3.32. The third-order valence-electron chi connectivity index (χ3n) is 5.08. The summed E-state index contributed by atoms with van der Waals surface area (Å²) >= 11 is 6.94. The van der Waals surface area contributed by atoms with Crippen LogP contribution >= 0.6 is 22.9 Å². The molecule has 1 aromatic heterocycles. The fraction of sp³-hybridized carbons (Fsp3) is 0.409. The summed E-state index contributed by atoms with van der Waals surface area (Å²) in [6, 6.07) is 8.39. The fourth-order valence-corrected chi connectivity index (χ4v) is 4.19. The molecule has 0 aliphatic carbocycles. The third kappa shape index (κ3) is 5.98. The molecule has 2 N–H and O–H groups in total. The molecule has 0 saturated carbocycles. The lowest BCUT2D eigenvalue weighted by molar-refractivity contribution is -0.121. The van der Waals surface area contributed by atoms with Crippen molar-refractivity contribution in [2.75, 3.05) is 18.4 Å². The Morgan fingerprint density at radius 2 is 1.81 bits per heavy atom. The van der Waals surface area contributed by atoms with Crippen LogP contribution in [-0.4, -0.2) is 41.4 Å². The molecular formula is C22H26ClN3O4S. The lowest BCUT2D eigenvalue weighted by Gasteiger charge is -2.27. The Labute approximate surface area is 190 Å². The molecule has 31 heavy (non-hydrogen) atoms. The molecule has 2 aromatic rings. The van der Waals surface area contributed by atoms with Crippen LogP contribution in [0.2, 0.25) is 4.34 Å². The van der Waals surface area contributed by atoms with E-state index in [1.165, 1.54) is 0 Å². The standard InChI is InChI=1S/C22H26ClN3O4S/c1-14-13-15(7-8-16(14)19(27)26-11-5-4-6-12-26)24-20(28)22(2,3)25-21(29)30-18-10-9-17(23)31-18/h7-10,13H,4-6,11-12H2,1-3H3,(H,24,28)(H,25,29). The summed E-state index contributed by atoms with van der Waals surface area (Å²) in [4.78, 5) is 39.5. The molecular weight excluding hydrogens is 438 g/mol. The number of nitrogens with one attached hydrogen (secondary N) is 2. The second-order valence-corrected chi connectivity index (χ2v) is 9.71. The van der Waals surface area contributed by atoms with Crippen molar-refractivity contribution >= 4 is 46.5 Å². The molecule has 7 nitrogen and oxygen atoms in total. The van der Waals surface area contributed by atoms with Crippen LogP contribution in [0.5, 0.6) is 5.06 Å². The van der Waals surface area contributed by atoms with E-state index in [-0.39, 0.29) is 5.91 Å². The van der Waals surface area contributed by atoms with Crippen LogP contribution in [0.15, 0.2) is 30.3 Å². The molecule has 0 bridgehead atoms. The van der Waals surface area contributed by atoms with E-state index in [4.69, 9.17) is 16.3 Å². The zero-order valence-corrected chi connectivity index (χ0v) is 19.4. The molecule has 1 aliphatic rings. The highest BCUT2D eigenvalue weighted by molar-refractivity contribution is 7.17. The van der Waals surface area contributed by atoms with Gasteiger partial charge in [-0.2, -0.15) is 0 Å². The number of amides is 3. The molecule has 1 aliphatic heterocycles. The van der Waals surface area contributed by atoms with Crippen molar-refractivity contribution in [3.05, 3.63) is 45.8 Å². The molecule has 166 valence electrons. The van der Waals surface area contributed by atoms with Crippen molar-refractivity contribution in [2.45, 2.75) is 45.6 Å². The van der Waals surface area contributed by atoms with Crippen molar-refractivity contribution in [3.8, 4) is 5.06 Å². The van der Waals surface area contributed by atoms with E-state index in [1.54, 1.807) is 44.2 Å². The quantitative estimate of drug-likeness (QED) is 0.664. The molecule has 0 radical (unpaired) electrons. The van der Waals surface area contributed by atoms with E-state index in [0.717, 1.165) is 49.3 Å². The molecule has 2 heterocycles. The van der Waals surface area contributed by atoms with E-state index in [9.17, 15) is 14.4 Å². The Morgan fingerprint density at radius 3 is 2.42 bits per heavy atom. The number of ether oxygens (including phenoxy) is 1. The molecule has 3 rings (SSSR count). The summed E-state index contributed by atoms with van der Waals surface area (Å²) in [5, 5.41) is 5.68. The number of nitrogens with zero attached hydrogens (tertiary/aromatic N) is 1. The van der Waals surface area contributed by atoms with Gasteiger partial charge in [-0.3, -0.25) is 9.59 Å². The average Bonchev–Trinajstić information content (AvgIpc) is 3.12. The predicted molar refractivity (Wildman–Crippen MR) is 122 cm³/mol. The maximum atomic E-state index is 12.8. The van der Waals surface area contributed by atoms with Gasteiger partial charge in [0.1, 0.15) is 5.54 Å². The van der Waals surface area contributed by atoms with Crippen LogP contribution in [0.4, 0.5) is 10.5 Å². The summed E-state index contributed by atoms with van der Waals surface area (Å²) in [7, 11) is 0. The summed E-state index contributed by atoms with van der Waals surface area (Å²) in [6.45, 7) is 6.56. The number of piperidine rings is 1. The van der Waals surface area contributed by atoms with E-state index >= 15 is 0 Å². The smallest absolute Gasteiger partial charge is 0.399 e. The molecule has 0 atom stereocenters. The predicted octanol–water partition coefficient (Wildman–Crippen LogP) is 4.84.